The maximum atomic E-state index is 12.3. The fourth-order valence-corrected chi connectivity index (χ4v) is 2.90. The Morgan fingerprint density at radius 1 is 1.12 bits per heavy atom. The molecule has 7 nitrogen and oxygen atoms in total. The number of carbonyl (C=O) groups is 2. The highest BCUT2D eigenvalue weighted by Crippen LogP contribution is 2.18. The first kappa shape index (κ1) is 16.9. The topological polar surface area (TPSA) is 95.2 Å². The van der Waals surface area contributed by atoms with E-state index in [2.05, 4.69) is 15.5 Å². The molecular weight excluding hydrogens is 320 g/mol. The number of carbonyl (C=O) groups excluding carboxylic acids is 2. The number of nitrogens with zero attached hydrogens (tertiary/aromatic N) is 2. The Morgan fingerprint density at radius 3 is 2.48 bits per heavy atom. The summed E-state index contributed by atoms with van der Waals surface area (Å²) >= 11 is 0. The Morgan fingerprint density at radius 2 is 1.84 bits per heavy atom. The van der Waals surface area contributed by atoms with E-state index in [1.807, 2.05) is 30.3 Å². The van der Waals surface area contributed by atoms with Crippen LogP contribution >= 0.6 is 0 Å². The molecule has 0 aliphatic carbocycles. The van der Waals surface area contributed by atoms with E-state index in [1.165, 1.54) is 12.1 Å². The molecule has 1 fully saturated rings. The first-order valence-corrected chi connectivity index (χ1v) is 8.30. The van der Waals surface area contributed by atoms with E-state index >= 15 is 0 Å². The van der Waals surface area contributed by atoms with Crippen molar-refractivity contribution in [1.29, 1.82) is 0 Å². The SMILES string of the molecule is O=C(NCc1ccccc1)C1CCN(C(=O)c2ccc(=O)[nH]n2)CC1. The zero-order chi connectivity index (χ0) is 17.6. The smallest absolute Gasteiger partial charge is 0.274 e. The molecule has 2 heterocycles. The molecule has 7 heteroatoms. The Labute approximate surface area is 145 Å². The second-order valence-electron chi connectivity index (χ2n) is 6.08. The van der Waals surface area contributed by atoms with E-state index in [0.29, 0.717) is 32.5 Å². The van der Waals surface area contributed by atoms with Crippen LogP contribution in [0.2, 0.25) is 0 Å². The molecule has 130 valence electrons. The largest absolute Gasteiger partial charge is 0.352 e. The third-order valence-corrected chi connectivity index (χ3v) is 4.36. The number of likely N-dealkylation sites (tertiary alicyclic amines) is 1. The van der Waals surface area contributed by atoms with Crippen LogP contribution in [0.25, 0.3) is 0 Å². The molecule has 0 atom stereocenters. The number of rotatable bonds is 4. The highest BCUT2D eigenvalue weighted by Gasteiger charge is 2.28. The molecule has 1 aromatic heterocycles. The lowest BCUT2D eigenvalue weighted by atomic mass is 9.95. The maximum absolute atomic E-state index is 12.3. The Hall–Kier alpha value is -2.96. The third kappa shape index (κ3) is 4.32. The third-order valence-electron chi connectivity index (χ3n) is 4.36. The van der Waals surface area contributed by atoms with Crippen molar-refractivity contribution in [3.63, 3.8) is 0 Å². The van der Waals surface area contributed by atoms with Crippen LogP contribution in [0.5, 0.6) is 0 Å². The number of aromatic nitrogens is 2. The van der Waals surface area contributed by atoms with E-state index in [9.17, 15) is 14.4 Å². The molecule has 3 rings (SSSR count). The van der Waals surface area contributed by atoms with Crippen molar-refractivity contribution < 1.29 is 9.59 Å². The Balaban J connectivity index is 1.49. The van der Waals surface area contributed by atoms with Gasteiger partial charge in [-0.3, -0.25) is 14.4 Å². The summed E-state index contributed by atoms with van der Waals surface area (Å²) in [6.07, 6.45) is 1.24. The fraction of sp³-hybridized carbons (Fsp3) is 0.333. The van der Waals surface area contributed by atoms with Gasteiger partial charge in [-0.2, -0.15) is 5.10 Å². The molecule has 0 spiro atoms. The predicted octanol–water partition coefficient (Wildman–Crippen LogP) is 0.938. The van der Waals surface area contributed by atoms with E-state index in [-0.39, 0.29) is 29.0 Å². The van der Waals surface area contributed by atoms with Gasteiger partial charge in [-0.15, -0.1) is 0 Å². The monoisotopic (exact) mass is 340 g/mol. The second kappa shape index (κ2) is 7.74. The number of H-pyrrole nitrogens is 1. The standard InChI is InChI=1S/C18H20N4O3/c23-16-7-6-15(20-21-16)18(25)22-10-8-14(9-11-22)17(24)19-12-13-4-2-1-3-5-13/h1-7,14H,8-12H2,(H,19,24)(H,21,23). The van der Waals surface area contributed by atoms with Gasteiger partial charge in [-0.1, -0.05) is 30.3 Å². The van der Waals surface area contributed by atoms with Gasteiger partial charge in [0.05, 0.1) is 0 Å². The normalized spacial score (nSPS) is 15.0. The molecular formula is C18H20N4O3. The van der Waals surface area contributed by atoms with Gasteiger partial charge in [0.15, 0.2) is 0 Å². The molecule has 0 unspecified atom stereocenters. The summed E-state index contributed by atoms with van der Waals surface area (Å²) < 4.78 is 0. The van der Waals surface area contributed by atoms with Crippen LogP contribution in [0.4, 0.5) is 0 Å². The van der Waals surface area contributed by atoms with Crippen molar-refractivity contribution in [1.82, 2.24) is 20.4 Å². The van der Waals surface area contributed by atoms with Gasteiger partial charge in [0.25, 0.3) is 11.5 Å². The van der Waals surface area contributed by atoms with Gasteiger partial charge in [-0.25, -0.2) is 5.10 Å². The quantitative estimate of drug-likeness (QED) is 0.866. The van der Waals surface area contributed by atoms with E-state index in [4.69, 9.17) is 0 Å². The van der Waals surface area contributed by atoms with Gasteiger partial charge < -0.3 is 10.2 Å². The summed E-state index contributed by atoms with van der Waals surface area (Å²) in [7, 11) is 0. The van der Waals surface area contributed by atoms with Crippen molar-refractivity contribution in [3.8, 4) is 0 Å². The highest BCUT2D eigenvalue weighted by atomic mass is 16.2. The number of nitrogens with one attached hydrogen (secondary N) is 2. The van der Waals surface area contributed by atoms with Crippen molar-refractivity contribution in [2.45, 2.75) is 19.4 Å². The highest BCUT2D eigenvalue weighted by molar-refractivity contribution is 5.92. The first-order valence-electron chi connectivity index (χ1n) is 8.30. The van der Waals surface area contributed by atoms with Crippen molar-refractivity contribution >= 4 is 11.8 Å². The van der Waals surface area contributed by atoms with Crippen molar-refractivity contribution in [2.75, 3.05) is 13.1 Å². The molecule has 2 aromatic rings. The molecule has 25 heavy (non-hydrogen) atoms. The summed E-state index contributed by atoms with van der Waals surface area (Å²) in [5.41, 5.74) is 0.935. The van der Waals surface area contributed by atoms with Crippen LogP contribution in [0.3, 0.4) is 0 Å². The molecule has 2 N–H and O–H groups in total. The van der Waals surface area contributed by atoms with Crippen LogP contribution in [0.1, 0.15) is 28.9 Å². The number of hydrogen-bond acceptors (Lipinski definition) is 4. The van der Waals surface area contributed by atoms with E-state index < -0.39 is 0 Å². The van der Waals surface area contributed by atoms with Crippen LogP contribution in [-0.2, 0) is 11.3 Å². The molecule has 0 saturated carbocycles. The summed E-state index contributed by atoms with van der Waals surface area (Å²) in [6, 6.07) is 12.5. The van der Waals surface area contributed by atoms with Crippen LogP contribution < -0.4 is 10.9 Å². The van der Waals surface area contributed by atoms with Gasteiger partial charge in [0, 0.05) is 31.6 Å². The number of piperidine rings is 1. The number of aromatic amines is 1. The number of amides is 2. The molecule has 0 radical (unpaired) electrons. The lowest BCUT2D eigenvalue weighted by molar-refractivity contribution is -0.126. The average molecular weight is 340 g/mol. The van der Waals surface area contributed by atoms with Crippen LogP contribution in [0.15, 0.2) is 47.3 Å². The predicted molar refractivity (Wildman–Crippen MR) is 91.8 cm³/mol. The molecule has 1 saturated heterocycles. The van der Waals surface area contributed by atoms with Crippen LogP contribution in [0, 0.1) is 5.92 Å². The van der Waals surface area contributed by atoms with Gasteiger partial charge in [0.2, 0.25) is 5.91 Å². The Kier molecular flexibility index (Phi) is 5.23. The van der Waals surface area contributed by atoms with Gasteiger partial charge >= 0.3 is 0 Å². The number of hydrogen-bond donors (Lipinski definition) is 2. The molecule has 1 aromatic carbocycles. The average Bonchev–Trinajstić information content (AvgIpc) is 2.67. The second-order valence-corrected chi connectivity index (χ2v) is 6.08. The van der Waals surface area contributed by atoms with Gasteiger partial charge in [0.1, 0.15) is 5.69 Å². The van der Waals surface area contributed by atoms with E-state index in [1.54, 1.807) is 4.90 Å². The summed E-state index contributed by atoms with van der Waals surface area (Å²) in [5, 5.41) is 8.98. The summed E-state index contributed by atoms with van der Waals surface area (Å²) in [5.74, 6) is -0.284. The molecule has 1 aliphatic rings. The molecule has 1 aliphatic heterocycles. The minimum absolute atomic E-state index is 0.0260. The summed E-state index contributed by atoms with van der Waals surface area (Å²) in [6.45, 7) is 1.52. The van der Waals surface area contributed by atoms with Gasteiger partial charge in [-0.05, 0) is 24.5 Å². The lowest BCUT2D eigenvalue weighted by Gasteiger charge is -2.31. The summed E-state index contributed by atoms with van der Waals surface area (Å²) in [4.78, 5) is 37.3. The van der Waals surface area contributed by atoms with Crippen molar-refractivity contribution in [2.24, 2.45) is 5.92 Å². The van der Waals surface area contributed by atoms with Crippen LogP contribution in [-0.4, -0.2) is 40.0 Å². The zero-order valence-corrected chi connectivity index (χ0v) is 13.8. The lowest BCUT2D eigenvalue weighted by Crippen LogP contribution is -2.43. The zero-order valence-electron chi connectivity index (χ0n) is 13.8. The van der Waals surface area contributed by atoms with E-state index in [0.717, 1.165) is 5.56 Å². The fourth-order valence-electron chi connectivity index (χ4n) is 2.90. The first-order chi connectivity index (χ1) is 12.1. The molecule has 2 amide bonds. The minimum atomic E-state index is -0.342. The maximum Gasteiger partial charge on any atom is 0.274 e. The number of benzene rings is 1. The molecule has 0 bridgehead atoms. The Bertz CT molecular complexity index is 775. The minimum Gasteiger partial charge on any atom is -0.352 e. The van der Waals surface area contributed by atoms with Crippen molar-refractivity contribution in [3.05, 3.63) is 64.1 Å².